The zero-order chi connectivity index (χ0) is 21.4. The van der Waals surface area contributed by atoms with Gasteiger partial charge in [0.1, 0.15) is 11.6 Å². The SMILES string of the molecule is COc1ccc(N2C(N)=C(C#N)[C@H](c3cc(C)ccc3C)C3=C2CCCC3=O)cc1. The minimum absolute atomic E-state index is 0.0981. The normalized spacial score (nSPS) is 18.9. The lowest BCUT2D eigenvalue weighted by molar-refractivity contribution is -0.116. The lowest BCUT2D eigenvalue weighted by Crippen LogP contribution is -2.38. The molecule has 1 aliphatic heterocycles. The summed E-state index contributed by atoms with van der Waals surface area (Å²) in [5.41, 5.74) is 12.6. The van der Waals surface area contributed by atoms with Crippen LogP contribution in [-0.4, -0.2) is 12.9 Å². The summed E-state index contributed by atoms with van der Waals surface area (Å²) in [5.74, 6) is 0.802. The van der Waals surface area contributed by atoms with Crippen molar-refractivity contribution in [3.63, 3.8) is 0 Å². The molecule has 2 aromatic carbocycles. The van der Waals surface area contributed by atoms with Crippen LogP contribution >= 0.6 is 0 Å². The van der Waals surface area contributed by atoms with E-state index in [9.17, 15) is 10.1 Å². The van der Waals surface area contributed by atoms with E-state index in [4.69, 9.17) is 10.5 Å². The Bertz CT molecular complexity index is 1120. The number of anilines is 1. The number of nitrogens with zero attached hydrogens (tertiary/aromatic N) is 2. The van der Waals surface area contributed by atoms with E-state index in [2.05, 4.69) is 12.1 Å². The molecule has 1 aliphatic carbocycles. The molecule has 2 aromatic rings. The van der Waals surface area contributed by atoms with Crippen LogP contribution in [0.15, 0.2) is 65.1 Å². The zero-order valence-electron chi connectivity index (χ0n) is 17.5. The maximum Gasteiger partial charge on any atom is 0.161 e. The van der Waals surface area contributed by atoms with E-state index < -0.39 is 5.92 Å². The Labute approximate surface area is 177 Å². The number of allylic oxidation sites excluding steroid dienone is 3. The highest BCUT2D eigenvalue weighted by molar-refractivity contribution is 6.01. The lowest BCUT2D eigenvalue weighted by Gasteiger charge is -2.40. The Morgan fingerprint density at radius 3 is 2.53 bits per heavy atom. The number of aryl methyl sites for hydroxylation is 2. The van der Waals surface area contributed by atoms with Crippen LogP contribution in [0.25, 0.3) is 0 Å². The molecule has 0 unspecified atom stereocenters. The second-order valence-electron chi connectivity index (χ2n) is 7.87. The number of Topliss-reactive ketones (excluding diaryl/α,β-unsaturated/α-hetero) is 1. The molecule has 0 radical (unpaired) electrons. The third-order valence-electron chi connectivity index (χ3n) is 5.99. The van der Waals surface area contributed by atoms with Crippen molar-refractivity contribution in [3.8, 4) is 11.8 Å². The number of ether oxygens (including phenoxy) is 1. The fraction of sp³-hybridized carbons (Fsp3) is 0.280. The molecule has 0 fully saturated rings. The molecule has 0 saturated heterocycles. The van der Waals surface area contributed by atoms with Gasteiger partial charge < -0.3 is 10.5 Å². The number of benzene rings is 2. The fourth-order valence-corrected chi connectivity index (χ4v) is 4.49. The van der Waals surface area contributed by atoms with E-state index in [1.54, 1.807) is 7.11 Å². The van der Waals surface area contributed by atoms with Crippen LogP contribution in [0, 0.1) is 25.2 Å². The van der Waals surface area contributed by atoms with Crippen LogP contribution in [0.5, 0.6) is 5.75 Å². The number of hydrogen-bond donors (Lipinski definition) is 1. The highest BCUT2D eigenvalue weighted by Crippen LogP contribution is 2.47. The van der Waals surface area contributed by atoms with Crippen LogP contribution in [0.4, 0.5) is 5.69 Å². The summed E-state index contributed by atoms with van der Waals surface area (Å²) in [7, 11) is 1.62. The highest BCUT2D eigenvalue weighted by atomic mass is 16.5. The lowest BCUT2D eigenvalue weighted by atomic mass is 9.74. The summed E-state index contributed by atoms with van der Waals surface area (Å²) >= 11 is 0. The largest absolute Gasteiger partial charge is 0.497 e. The number of carbonyl (C=O) groups is 1. The van der Waals surface area contributed by atoms with Gasteiger partial charge in [-0.25, -0.2) is 0 Å². The Morgan fingerprint density at radius 1 is 1.13 bits per heavy atom. The molecule has 2 aliphatic rings. The molecule has 0 saturated carbocycles. The maximum atomic E-state index is 13.2. The summed E-state index contributed by atoms with van der Waals surface area (Å²) in [6.45, 7) is 4.04. The molecule has 5 heteroatoms. The van der Waals surface area contributed by atoms with Gasteiger partial charge in [0.25, 0.3) is 0 Å². The summed E-state index contributed by atoms with van der Waals surface area (Å²) in [4.78, 5) is 15.1. The molecule has 5 nitrogen and oxygen atoms in total. The van der Waals surface area contributed by atoms with Crippen molar-refractivity contribution < 1.29 is 9.53 Å². The monoisotopic (exact) mass is 399 g/mol. The second kappa shape index (κ2) is 7.72. The van der Waals surface area contributed by atoms with Crippen LogP contribution < -0.4 is 15.4 Å². The quantitative estimate of drug-likeness (QED) is 0.815. The van der Waals surface area contributed by atoms with Gasteiger partial charge >= 0.3 is 0 Å². The minimum Gasteiger partial charge on any atom is -0.497 e. The summed E-state index contributed by atoms with van der Waals surface area (Å²) in [5, 5.41) is 10.1. The topological polar surface area (TPSA) is 79.3 Å². The number of ketones is 1. The van der Waals surface area contributed by atoms with E-state index in [0.29, 0.717) is 23.4 Å². The molecule has 0 bridgehead atoms. The molecule has 0 amide bonds. The number of rotatable bonds is 3. The molecule has 152 valence electrons. The van der Waals surface area contributed by atoms with Gasteiger partial charge in [-0.1, -0.05) is 23.8 Å². The zero-order valence-corrected chi connectivity index (χ0v) is 17.5. The number of carbonyl (C=O) groups excluding carboxylic acids is 1. The van der Waals surface area contributed by atoms with Gasteiger partial charge in [-0.2, -0.15) is 5.26 Å². The molecule has 0 aromatic heterocycles. The Morgan fingerprint density at radius 2 is 1.87 bits per heavy atom. The first-order valence-corrected chi connectivity index (χ1v) is 10.1. The number of nitriles is 1. The number of nitrogens with two attached hydrogens (primary N) is 1. The van der Waals surface area contributed by atoms with Crippen molar-refractivity contribution in [1.29, 1.82) is 5.26 Å². The van der Waals surface area contributed by atoms with Crippen molar-refractivity contribution in [1.82, 2.24) is 0 Å². The van der Waals surface area contributed by atoms with E-state index in [0.717, 1.165) is 46.7 Å². The van der Waals surface area contributed by atoms with E-state index in [1.807, 2.05) is 55.1 Å². The first-order valence-electron chi connectivity index (χ1n) is 10.1. The van der Waals surface area contributed by atoms with Crippen LogP contribution in [-0.2, 0) is 4.79 Å². The molecule has 2 N–H and O–H groups in total. The van der Waals surface area contributed by atoms with Gasteiger partial charge in [-0.15, -0.1) is 0 Å². The molecule has 0 spiro atoms. The molecule has 1 heterocycles. The average molecular weight is 399 g/mol. The van der Waals surface area contributed by atoms with E-state index in [-0.39, 0.29) is 5.78 Å². The Hall–Kier alpha value is -3.52. The smallest absolute Gasteiger partial charge is 0.161 e. The predicted molar refractivity (Wildman–Crippen MR) is 117 cm³/mol. The molecule has 30 heavy (non-hydrogen) atoms. The number of methoxy groups -OCH3 is 1. The van der Waals surface area contributed by atoms with Crippen molar-refractivity contribution in [2.75, 3.05) is 12.0 Å². The fourth-order valence-electron chi connectivity index (χ4n) is 4.49. The van der Waals surface area contributed by atoms with E-state index >= 15 is 0 Å². The van der Waals surface area contributed by atoms with Gasteiger partial charge in [-0.3, -0.25) is 9.69 Å². The van der Waals surface area contributed by atoms with Crippen LogP contribution in [0.2, 0.25) is 0 Å². The first-order chi connectivity index (χ1) is 14.5. The number of hydrogen-bond acceptors (Lipinski definition) is 5. The van der Waals surface area contributed by atoms with Gasteiger partial charge in [0.15, 0.2) is 5.78 Å². The van der Waals surface area contributed by atoms with Crippen LogP contribution in [0.1, 0.15) is 41.9 Å². The third-order valence-corrected chi connectivity index (χ3v) is 5.99. The predicted octanol–water partition coefficient (Wildman–Crippen LogP) is 4.62. The highest BCUT2D eigenvalue weighted by Gasteiger charge is 2.40. The van der Waals surface area contributed by atoms with Gasteiger partial charge in [0, 0.05) is 23.4 Å². The third kappa shape index (κ3) is 3.15. The van der Waals surface area contributed by atoms with Crippen molar-refractivity contribution in [3.05, 3.63) is 81.8 Å². The Balaban J connectivity index is 1.96. The molecular weight excluding hydrogens is 374 g/mol. The van der Waals surface area contributed by atoms with Gasteiger partial charge in [-0.05, 0) is 62.1 Å². The molecule has 4 rings (SSSR count). The van der Waals surface area contributed by atoms with E-state index in [1.165, 1.54) is 0 Å². The van der Waals surface area contributed by atoms with Crippen molar-refractivity contribution in [2.24, 2.45) is 5.73 Å². The molecular formula is C25H25N3O2. The summed E-state index contributed by atoms with van der Waals surface area (Å²) in [6, 6.07) is 16.0. The van der Waals surface area contributed by atoms with Gasteiger partial charge in [0.2, 0.25) is 0 Å². The van der Waals surface area contributed by atoms with Gasteiger partial charge in [0.05, 0.1) is 24.7 Å². The maximum absolute atomic E-state index is 13.2. The summed E-state index contributed by atoms with van der Waals surface area (Å²) in [6.07, 6.45) is 2.02. The molecule has 1 atom stereocenters. The first kappa shape index (κ1) is 19.8. The minimum atomic E-state index is -0.424. The second-order valence-corrected chi connectivity index (χ2v) is 7.87. The van der Waals surface area contributed by atoms with Crippen molar-refractivity contribution >= 4 is 11.5 Å². The Kier molecular flexibility index (Phi) is 5.09. The average Bonchev–Trinajstić information content (AvgIpc) is 2.75. The summed E-state index contributed by atoms with van der Waals surface area (Å²) < 4.78 is 5.27. The van der Waals surface area contributed by atoms with Crippen molar-refractivity contribution in [2.45, 2.75) is 39.0 Å². The standard InChI is InChI=1S/C25H25N3O2/c1-15-7-8-16(2)19(13-15)23-20(14-26)25(27)28(17-9-11-18(30-3)12-10-17)21-5-4-6-22(29)24(21)23/h7-13,23H,4-6,27H2,1-3H3/t23-/m0/s1. The van der Waals surface area contributed by atoms with Crippen LogP contribution in [0.3, 0.4) is 0 Å².